The lowest BCUT2D eigenvalue weighted by atomic mass is 9.72. The van der Waals surface area contributed by atoms with Crippen molar-refractivity contribution in [3.8, 4) is 17.0 Å². The number of anilines is 1. The van der Waals surface area contributed by atoms with Crippen molar-refractivity contribution in [2.45, 2.75) is 58.4 Å². The Balaban J connectivity index is 1.26. The first-order valence-electron chi connectivity index (χ1n) is 12.3. The van der Waals surface area contributed by atoms with E-state index in [1.807, 2.05) is 25.7 Å². The van der Waals surface area contributed by atoms with E-state index in [9.17, 15) is 18.0 Å². The summed E-state index contributed by atoms with van der Waals surface area (Å²) in [6, 6.07) is 5.77. The number of rotatable bonds is 3. The highest BCUT2D eigenvalue weighted by atomic mass is 32.1. The summed E-state index contributed by atoms with van der Waals surface area (Å²) in [5, 5.41) is 5.60. The molecule has 1 aromatic carbocycles. The zero-order chi connectivity index (χ0) is 26.4. The second-order valence-electron chi connectivity index (χ2n) is 10.8. The number of imidazole rings is 1. The fourth-order valence-electron chi connectivity index (χ4n) is 5.08. The van der Waals surface area contributed by atoms with Gasteiger partial charge >= 0.3 is 12.5 Å². The number of benzene rings is 1. The van der Waals surface area contributed by atoms with Crippen molar-refractivity contribution in [2.75, 3.05) is 31.1 Å². The molecule has 0 atom stereocenters. The van der Waals surface area contributed by atoms with Crippen LogP contribution in [-0.4, -0.2) is 63.7 Å². The number of piperidine rings is 2. The van der Waals surface area contributed by atoms with Crippen LogP contribution in [0.25, 0.3) is 16.2 Å². The summed E-state index contributed by atoms with van der Waals surface area (Å²) in [6.07, 6.45) is 0.739. The van der Waals surface area contributed by atoms with Crippen LogP contribution < -0.4 is 9.64 Å². The molecular weight excluding hydrogens is 507 g/mol. The summed E-state index contributed by atoms with van der Waals surface area (Å²) in [6.45, 7) is 8.77. The van der Waals surface area contributed by atoms with Crippen molar-refractivity contribution >= 4 is 27.5 Å². The van der Waals surface area contributed by atoms with Crippen molar-refractivity contribution in [1.29, 1.82) is 0 Å². The minimum atomic E-state index is -4.75. The minimum Gasteiger partial charge on any atom is -0.444 e. The highest BCUT2D eigenvalue weighted by molar-refractivity contribution is 7.20. The van der Waals surface area contributed by atoms with Crippen LogP contribution >= 0.6 is 11.3 Å². The van der Waals surface area contributed by atoms with Crippen molar-refractivity contribution in [3.05, 3.63) is 30.5 Å². The Morgan fingerprint density at radius 1 is 1.11 bits per heavy atom. The maximum atomic E-state index is 12.6. The van der Waals surface area contributed by atoms with E-state index in [4.69, 9.17) is 9.84 Å². The first kappa shape index (κ1) is 25.6. The standard InChI is InChI=1S/C25H30F3N5O3S/c1-23(2,3)36-22(34)31-12-9-24(10-13-31)8-5-11-32(16-24)21-30-33-15-19(29-20(33)37-21)17-6-4-7-18(14-17)35-25(26,27)28/h4,6-7,14-15H,5,8-13,16H2,1-3H3. The first-order chi connectivity index (χ1) is 17.4. The number of nitrogens with zero attached hydrogens (tertiary/aromatic N) is 5. The van der Waals surface area contributed by atoms with Crippen LogP contribution in [0.2, 0.25) is 0 Å². The molecule has 2 saturated heterocycles. The topological polar surface area (TPSA) is 72.2 Å². The zero-order valence-corrected chi connectivity index (χ0v) is 21.9. The van der Waals surface area contributed by atoms with Gasteiger partial charge in [0.2, 0.25) is 10.1 Å². The lowest BCUT2D eigenvalue weighted by Crippen LogP contribution is -2.51. The molecule has 0 aliphatic carbocycles. The van der Waals surface area contributed by atoms with Crippen LogP contribution in [0, 0.1) is 5.41 Å². The molecule has 5 rings (SSSR count). The molecule has 0 saturated carbocycles. The van der Waals surface area contributed by atoms with Gasteiger partial charge in [0, 0.05) is 31.7 Å². The van der Waals surface area contributed by atoms with Gasteiger partial charge in [-0.3, -0.25) is 0 Å². The summed E-state index contributed by atoms with van der Waals surface area (Å²) in [4.78, 5) is 21.8. The highest BCUT2D eigenvalue weighted by Crippen LogP contribution is 2.42. The SMILES string of the molecule is CC(C)(C)OC(=O)N1CCC2(CCCN(c3nn4cc(-c5cccc(OC(F)(F)F)c5)nc4s3)C2)CC1. The van der Waals surface area contributed by atoms with E-state index < -0.39 is 12.0 Å². The van der Waals surface area contributed by atoms with E-state index in [0.29, 0.717) is 29.3 Å². The van der Waals surface area contributed by atoms with Gasteiger partial charge in [-0.25, -0.2) is 14.3 Å². The molecule has 2 fully saturated rings. The number of aromatic nitrogens is 3. The smallest absolute Gasteiger partial charge is 0.444 e. The summed E-state index contributed by atoms with van der Waals surface area (Å²) in [5.74, 6) is -0.286. The molecule has 3 aromatic rings. The van der Waals surface area contributed by atoms with E-state index in [-0.39, 0.29) is 17.3 Å². The monoisotopic (exact) mass is 537 g/mol. The van der Waals surface area contributed by atoms with E-state index in [2.05, 4.69) is 14.6 Å². The quantitative estimate of drug-likeness (QED) is 0.410. The number of hydrogen-bond donors (Lipinski definition) is 0. The second-order valence-corrected chi connectivity index (χ2v) is 11.7. The van der Waals surface area contributed by atoms with Crippen molar-refractivity contribution in [2.24, 2.45) is 5.41 Å². The van der Waals surface area contributed by atoms with Gasteiger partial charge < -0.3 is 19.3 Å². The highest BCUT2D eigenvalue weighted by Gasteiger charge is 2.41. The van der Waals surface area contributed by atoms with Crippen LogP contribution in [-0.2, 0) is 4.74 Å². The Morgan fingerprint density at radius 3 is 2.54 bits per heavy atom. The average Bonchev–Trinajstić information content (AvgIpc) is 3.37. The third-order valence-electron chi connectivity index (χ3n) is 6.80. The van der Waals surface area contributed by atoms with Crippen molar-refractivity contribution in [1.82, 2.24) is 19.5 Å². The minimum absolute atomic E-state index is 0.134. The molecular formula is C25H30F3N5O3S. The Kier molecular flexibility index (Phi) is 6.49. The van der Waals surface area contributed by atoms with Gasteiger partial charge in [-0.15, -0.1) is 18.3 Å². The van der Waals surface area contributed by atoms with E-state index in [1.54, 1.807) is 16.8 Å². The van der Waals surface area contributed by atoms with E-state index in [1.165, 1.54) is 29.5 Å². The first-order valence-corrected chi connectivity index (χ1v) is 13.2. The number of fused-ring (bicyclic) bond motifs is 1. The molecule has 1 spiro atoms. The third kappa shape index (κ3) is 5.94. The second kappa shape index (κ2) is 9.38. The van der Waals surface area contributed by atoms with Gasteiger partial charge in [0.05, 0.1) is 11.9 Å². The lowest BCUT2D eigenvalue weighted by Gasteiger charge is -2.47. The summed E-state index contributed by atoms with van der Waals surface area (Å²) < 4.78 is 49.0. The van der Waals surface area contributed by atoms with E-state index in [0.717, 1.165) is 43.9 Å². The fraction of sp³-hybridized carbons (Fsp3) is 0.560. The van der Waals surface area contributed by atoms with Crippen molar-refractivity contribution < 1.29 is 27.4 Å². The lowest BCUT2D eigenvalue weighted by molar-refractivity contribution is -0.274. The number of carbonyl (C=O) groups excluding carboxylic acids is 1. The largest absolute Gasteiger partial charge is 0.573 e. The number of halogens is 3. The predicted octanol–water partition coefficient (Wildman–Crippen LogP) is 5.97. The number of amides is 1. The molecule has 0 radical (unpaired) electrons. The van der Waals surface area contributed by atoms with Gasteiger partial charge in [-0.05, 0) is 64.0 Å². The molecule has 0 unspecified atom stereocenters. The van der Waals surface area contributed by atoms with Crippen molar-refractivity contribution in [3.63, 3.8) is 0 Å². The molecule has 12 heteroatoms. The van der Waals surface area contributed by atoms with Crippen LogP contribution in [0.5, 0.6) is 5.75 Å². The third-order valence-corrected chi connectivity index (χ3v) is 7.79. The van der Waals surface area contributed by atoms with Crippen LogP contribution in [0.15, 0.2) is 30.5 Å². The summed E-state index contributed by atoms with van der Waals surface area (Å²) in [7, 11) is 0. The van der Waals surface area contributed by atoms with Gasteiger partial charge in [-0.2, -0.15) is 0 Å². The molecule has 0 N–H and O–H groups in total. The summed E-state index contributed by atoms with van der Waals surface area (Å²) in [5.41, 5.74) is 0.682. The fourth-order valence-corrected chi connectivity index (χ4v) is 5.99. The van der Waals surface area contributed by atoms with Crippen LogP contribution in [0.1, 0.15) is 46.5 Å². The molecule has 2 aliphatic heterocycles. The summed E-state index contributed by atoms with van der Waals surface area (Å²) >= 11 is 1.46. The van der Waals surface area contributed by atoms with Gasteiger partial charge in [0.15, 0.2) is 0 Å². The molecule has 2 aromatic heterocycles. The molecule has 1 amide bonds. The van der Waals surface area contributed by atoms with E-state index >= 15 is 0 Å². The Labute approximate surface area is 217 Å². The Morgan fingerprint density at radius 2 is 1.86 bits per heavy atom. The maximum absolute atomic E-state index is 12.6. The average molecular weight is 538 g/mol. The number of ether oxygens (including phenoxy) is 2. The number of alkyl halides is 3. The number of carbonyl (C=O) groups is 1. The molecule has 2 aliphatic rings. The van der Waals surface area contributed by atoms with Gasteiger partial charge in [0.1, 0.15) is 11.4 Å². The van der Waals surface area contributed by atoms with Gasteiger partial charge in [0.25, 0.3) is 0 Å². The number of likely N-dealkylation sites (tertiary alicyclic amines) is 1. The number of hydrogen-bond acceptors (Lipinski definition) is 7. The molecule has 37 heavy (non-hydrogen) atoms. The Bertz CT molecular complexity index is 1240. The Hall–Kier alpha value is -3.02. The predicted molar refractivity (Wildman–Crippen MR) is 134 cm³/mol. The molecule has 200 valence electrons. The molecule has 8 nitrogen and oxygen atoms in total. The van der Waals surface area contributed by atoms with Crippen LogP contribution in [0.4, 0.5) is 23.1 Å². The zero-order valence-electron chi connectivity index (χ0n) is 21.0. The van der Waals surface area contributed by atoms with Crippen LogP contribution in [0.3, 0.4) is 0 Å². The normalized spacial score (nSPS) is 18.4. The maximum Gasteiger partial charge on any atom is 0.573 e. The molecule has 4 heterocycles. The van der Waals surface area contributed by atoms with Gasteiger partial charge in [-0.1, -0.05) is 23.5 Å². The molecule has 0 bridgehead atoms.